The Morgan fingerprint density at radius 1 is 0.946 bits per heavy atom. The van der Waals surface area contributed by atoms with Crippen LogP contribution in [0.25, 0.3) is 0 Å². The van der Waals surface area contributed by atoms with E-state index in [-0.39, 0.29) is 30.9 Å². The van der Waals surface area contributed by atoms with Crippen molar-refractivity contribution in [1.29, 1.82) is 0 Å². The van der Waals surface area contributed by atoms with Crippen molar-refractivity contribution in [3.63, 3.8) is 0 Å². The van der Waals surface area contributed by atoms with Gasteiger partial charge in [0.1, 0.15) is 6.61 Å². The number of benzene rings is 2. The second-order valence-electron chi connectivity index (χ2n) is 10.8. The highest BCUT2D eigenvalue weighted by atomic mass is 16.5. The summed E-state index contributed by atoms with van der Waals surface area (Å²) < 4.78 is 5.20. The molecule has 0 saturated heterocycles. The highest BCUT2D eigenvalue weighted by Gasteiger charge is 2.21. The van der Waals surface area contributed by atoms with E-state index in [4.69, 9.17) is 4.74 Å². The fourth-order valence-electron chi connectivity index (χ4n) is 4.23. The fourth-order valence-corrected chi connectivity index (χ4v) is 4.23. The zero-order valence-corrected chi connectivity index (χ0v) is 23.5. The van der Waals surface area contributed by atoms with E-state index in [1.165, 1.54) is 0 Å². The lowest BCUT2D eigenvalue weighted by molar-refractivity contribution is -0.146. The van der Waals surface area contributed by atoms with Gasteiger partial charge in [-0.2, -0.15) is 0 Å². The molecule has 0 spiro atoms. The van der Waals surface area contributed by atoms with Crippen LogP contribution in [-0.4, -0.2) is 42.9 Å². The second kappa shape index (κ2) is 14.6. The number of hydrogen-bond acceptors (Lipinski definition) is 5. The molecular formula is C30H45N3O4. The van der Waals surface area contributed by atoms with E-state index in [9.17, 15) is 14.7 Å². The first kappa shape index (κ1) is 30.2. The molecule has 0 saturated carbocycles. The highest BCUT2D eigenvalue weighted by Crippen LogP contribution is 2.34. The summed E-state index contributed by atoms with van der Waals surface area (Å²) in [6.07, 6.45) is 0.248. The molecule has 2 amide bonds. The first-order valence-electron chi connectivity index (χ1n) is 13.4. The molecule has 2 aromatic rings. The van der Waals surface area contributed by atoms with Crippen molar-refractivity contribution in [1.82, 2.24) is 0 Å². The third kappa shape index (κ3) is 10.4. The summed E-state index contributed by atoms with van der Waals surface area (Å²) in [5.74, 6) is 0.476. The van der Waals surface area contributed by atoms with Crippen molar-refractivity contribution in [2.75, 3.05) is 35.2 Å². The van der Waals surface area contributed by atoms with Crippen LogP contribution < -0.4 is 15.5 Å². The maximum absolute atomic E-state index is 13.0. The molecule has 7 heteroatoms. The topological polar surface area (TPSA) is 90.9 Å². The van der Waals surface area contributed by atoms with Crippen LogP contribution in [0.3, 0.4) is 0 Å². The third-order valence-electron chi connectivity index (χ3n) is 5.95. The zero-order chi connectivity index (χ0) is 27.5. The van der Waals surface area contributed by atoms with Gasteiger partial charge in [0, 0.05) is 18.8 Å². The molecule has 2 rings (SSSR count). The van der Waals surface area contributed by atoms with Crippen LogP contribution >= 0.6 is 0 Å². The van der Waals surface area contributed by atoms with Crippen molar-refractivity contribution in [2.24, 2.45) is 11.8 Å². The van der Waals surface area contributed by atoms with Gasteiger partial charge >= 0.3 is 12.0 Å². The Bertz CT molecular complexity index is 992. The number of aliphatic hydroxyl groups excluding tert-OH is 1. The van der Waals surface area contributed by atoms with Gasteiger partial charge in [-0.1, -0.05) is 58.4 Å². The first-order valence-corrected chi connectivity index (χ1v) is 13.4. The van der Waals surface area contributed by atoms with Crippen molar-refractivity contribution in [3.8, 4) is 0 Å². The van der Waals surface area contributed by atoms with Crippen molar-refractivity contribution in [2.45, 2.75) is 73.3 Å². The maximum Gasteiger partial charge on any atom is 0.323 e. The Labute approximate surface area is 222 Å². The predicted octanol–water partition coefficient (Wildman–Crippen LogP) is 6.57. The largest absolute Gasteiger partial charge is 0.463 e. The van der Waals surface area contributed by atoms with Crippen LogP contribution in [-0.2, 0) is 9.53 Å². The van der Waals surface area contributed by atoms with E-state index in [1.807, 2.05) is 56.3 Å². The number of carbonyl (C=O) groups excluding carboxylic acids is 2. The van der Waals surface area contributed by atoms with Crippen molar-refractivity contribution >= 4 is 29.1 Å². The highest BCUT2D eigenvalue weighted by molar-refractivity contribution is 6.02. The van der Waals surface area contributed by atoms with E-state index in [1.54, 1.807) is 6.92 Å². The van der Waals surface area contributed by atoms with E-state index >= 15 is 0 Å². The van der Waals surface area contributed by atoms with E-state index in [0.717, 1.165) is 36.3 Å². The smallest absolute Gasteiger partial charge is 0.323 e. The SMILES string of the molecule is CCC(CC(=O)OCC(C)O)c1ccc(N(CC(C)C)CC(C)C)c(NC(=O)Nc2ccc(C)cc2)c1. The summed E-state index contributed by atoms with van der Waals surface area (Å²) in [5.41, 5.74) is 4.46. The van der Waals surface area contributed by atoms with Crippen LogP contribution in [0.4, 0.5) is 21.9 Å². The molecule has 0 aliphatic heterocycles. The van der Waals surface area contributed by atoms with Crippen molar-refractivity contribution < 1.29 is 19.4 Å². The lowest BCUT2D eigenvalue weighted by atomic mass is 9.92. The zero-order valence-electron chi connectivity index (χ0n) is 23.5. The minimum Gasteiger partial charge on any atom is -0.463 e. The standard InChI is InChI=1S/C30H45N3O4/c1-8-24(16-29(35)37-19-23(7)34)25-11-14-28(33(17-20(2)3)18-21(4)5)27(15-25)32-30(36)31-26-12-9-22(6)10-13-26/h9-15,20-21,23-24,34H,8,16-19H2,1-7H3,(H2,31,32,36). The normalized spacial score (nSPS) is 12.8. The number of ether oxygens (including phenoxy) is 1. The number of aryl methyl sites for hydroxylation is 1. The van der Waals surface area contributed by atoms with Crippen LogP contribution in [0.5, 0.6) is 0 Å². The molecule has 0 aliphatic rings. The van der Waals surface area contributed by atoms with Gasteiger partial charge in [0.15, 0.2) is 0 Å². The second-order valence-corrected chi connectivity index (χ2v) is 10.8. The van der Waals surface area contributed by atoms with Gasteiger partial charge in [-0.05, 0) is 67.9 Å². The minimum absolute atomic E-state index is 0.0143. The molecule has 7 nitrogen and oxygen atoms in total. The number of aliphatic hydroxyl groups is 1. The van der Waals surface area contributed by atoms with Gasteiger partial charge in [0.25, 0.3) is 0 Å². The quantitative estimate of drug-likeness (QED) is 0.265. The minimum atomic E-state index is -0.695. The van der Waals surface area contributed by atoms with Crippen LogP contribution in [0.15, 0.2) is 42.5 Å². The Morgan fingerprint density at radius 2 is 1.57 bits per heavy atom. The van der Waals surface area contributed by atoms with Crippen LogP contribution in [0.2, 0.25) is 0 Å². The Balaban J connectivity index is 2.37. The van der Waals surface area contributed by atoms with E-state index in [0.29, 0.717) is 23.2 Å². The lowest BCUT2D eigenvalue weighted by Crippen LogP contribution is -2.32. The number of carbonyl (C=O) groups is 2. The first-order chi connectivity index (χ1) is 17.5. The van der Waals surface area contributed by atoms with E-state index in [2.05, 4.69) is 43.2 Å². The number of urea groups is 1. The average molecular weight is 512 g/mol. The molecule has 0 aliphatic carbocycles. The molecule has 2 unspecified atom stereocenters. The summed E-state index contributed by atoms with van der Waals surface area (Å²) in [6, 6.07) is 13.4. The lowest BCUT2D eigenvalue weighted by Gasteiger charge is -2.31. The molecule has 37 heavy (non-hydrogen) atoms. The maximum atomic E-state index is 13.0. The van der Waals surface area contributed by atoms with Gasteiger partial charge in [-0.25, -0.2) is 4.79 Å². The number of esters is 1. The predicted molar refractivity (Wildman–Crippen MR) is 152 cm³/mol. The van der Waals surface area contributed by atoms with E-state index < -0.39 is 6.10 Å². The van der Waals surface area contributed by atoms with Gasteiger partial charge < -0.3 is 25.4 Å². The fraction of sp³-hybridized carbons (Fsp3) is 0.533. The Hall–Kier alpha value is -3.06. The molecule has 204 valence electrons. The summed E-state index contributed by atoms with van der Waals surface area (Å²) in [4.78, 5) is 27.7. The molecule has 2 atom stereocenters. The molecular weight excluding hydrogens is 466 g/mol. The number of hydrogen-bond donors (Lipinski definition) is 3. The summed E-state index contributed by atoms with van der Waals surface area (Å²) >= 11 is 0. The van der Waals surface area contributed by atoms with Gasteiger partial charge in [-0.15, -0.1) is 0 Å². The van der Waals surface area contributed by atoms with Crippen LogP contribution in [0, 0.1) is 18.8 Å². The number of anilines is 3. The molecule has 0 aromatic heterocycles. The number of nitrogens with one attached hydrogen (secondary N) is 2. The number of nitrogens with zero attached hydrogens (tertiary/aromatic N) is 1. The van der Waals surface area contributed by atoms with Gasteiger partial charge in [0.2, 0.25) is 0 Å². The molecule has 0 bridgehead atoms. The molecule has 0 fully saturated rings. The number of amides is 2. The molecule has 3 N–H and O–H groups in total. The summed E-state index contributed by atoms with van der Waals surface area (Å²) in [7, 11) is 0. The average Bonchev–Trinajstić information content (AvgIpc) is 2.81. The third-order valence-corrected chi connectivity index (χ3v) is 5.95. The molecule has 0 radical (unpaired) electrons. The summed E-state index contributed by atoms with van der Waals surface area (Å²) in [5, 5.41) is 15.4. The van der Waals surface area contributed by atoms with Crippen LogP contribution in [0.1, 0.15) is 71.4 Å². The van der Waals surface area contributed by atoms with Crippen molar-refractivity contribution in [3.05, 3.63) is 53.6 Å². The Morgan fingerprint density at radius 3 is 2.11 bits per heavy atom. The monoisotopic (exact) mass is 511 g/mol. The molecule has 0 heterocycles. The van der Waals surface area contributed by atoms with Gasteiger partial charge in [0.05, 0.1) is 23.9 Å². The van der Waals surface area contributed by atoms with Gasteiger partial charge in [-0.3, -0.25) is 4.79 Å². The summed E-state index contributed by atoms with van der Waals surface area (Å²) in [6.45, 7) is 16.1. The Kier molecular flexibility index (Phi) is 11.9. The molecule has 2 aromatic carbocycles. The number of rotatable bonds is 13.